The molecule has 2 aromatic rings. The van der Waals surface area contributed by atoms with Crippen LogP contribution in [0.2, 0.25) is 0 Å². The number of aromatic amines is 1. The molecule has 1 atom stereocenters. The van der Waals surface area contributed by atoms with Gasteiger partial charge in [0.2, 0.25) is 0 Å². The van der Waals surface area contributed by atoms with E-state index < -0.39 is 0 Å². The smallest absolute Gasteiger partial charge is 0.254 e. The molecule has 0 fully saturated rings. The van der Waals surface area contributed by atoms with Crippen molar-refractivity contribution in [3.8, 4) is 11.3 Å². The molecule has 1 N–H and O–H groups in total. The van der Waals surface area contributed by atoms with Crippen LogP contribution in [0.3, 0.4) is 0 Å². The van der Waals surface area contributed by atoms with Crippen molar-refractivity contribution in [2.24, 2.45) is 0 Å². The molecule has 0 spiro atoms. The number of ether oxygens (including phenoxy) is 1. The second-order valence-electron chi connectivity index (χ2n) is 4.39. The molecule has 4 nitrogen and oxygen atoms in total. The number of nitrogens with one attached hydrogen (secondary N) is 1. The van der Waals surface area contributed by atoms with Gasteiger partial charge in [0.1, 0.15) is 11.9 Å². The molecule has 1 aromatic carbocycles. The number of hydrogen-bond donors (Lipinski definition) is 1. The molecular formula is C15H18N2O2. The van der Waals surface area contributed by atoms with E-state index in [9.17, 15) is 4.79 Å². The Morgan fingerprint density at radius 1 is 1.32 bits per heavy atom. The van der Waals surface area contributed by atoms with Crippen LogP contribution in [0, 0.1) is 6.92 Å². The number of aromatic nitrogens is 2. The Balaban J connectivity index is 2.52. The van der Waals surface area contributed by atoms with Crippen molar-refractivity contribution >= 4 is 0 Å². The van der Waals surface area contributed by atoms with Gasteiger partial charge in [-0.25, -0.2) is 4.98 Å². The SMILES string of the molecule is CCOC(C)c1nc(-c2ccccc2)c(C)c(=O)[nH]1. The molecule has 0 radical (unpaired) electrons. The number of hydrogen-bond acceptors (Lipinski definition) is 3. The summed E-state index contributed by atoms with van der Waals surface area (Å²) in [6.07, 6.45) is -0.222. The Bertz CT molecular complexity index is 605. The number of H-pyrrole nitrogens is 1. The Kier molecular flexibility index (Phi) is 4.12. The zero-order valence-corrected chi connectivity index (χ0v) is 11.4. The summed E-state index contributed by atoms with van der Waals surface area (Å²) in [7, 11) is 0. The molecule has 2 rings (SSSR count). The van der Waals surface area contributed by atoms with Gasteiger partial charge in [-0.05, 0) is 20.8 Å². The molecule has 0 aliphatic carbocycles. The second-order valence-corrected chi connectivity index (χ2v) is 4.39. The van der Waals surface area contributed by atoms with Crippen molar-refractivity contribution in [1.29, 1.82) is 0 Å². The largest absolute Gasteiger partial charge is 0.371 e. The van der Waals surface area contributed by atoms with Gasteiger partial charge in [0.05, 0.1) is 5.69 Å². The molecule has 0 aliphatic rings. The monoisotopic (exact) mass is 258 g/mol. The van der Waals surface area contributed by atoms with Crippen LogP contribution in [0.25, 0.3) is 11.3 Å². The van der Waals surface area contributed by atoms with Crippen LogP contribution in [0.15, 0.2) is 35.1 Å². The van der Waals surface area contributed by atoms with Crippen molar-refractivity contribution in [1.82, 2.24) is 9.97 Å². The van der Waals surface area contributed by atoms with Gasteiger partial charge in [0, 0.05) is 17.7 Å². The van der Waals surface area contributed by atoms with Crippen LogP contribution in [0.1, 0.15) is 31.3 Å². The van der Waals surface area contributed by atoms with Gasteiger partial charge in [-0.15, -0.1) is 0 Å². The lowest BCUT2D eigenvalue weighted by atomic mass is 10.1. The Labute approximate surface area is 112 Å². The predicted octanol–water partition coefficient (Wildman–Crippen LogP) is 2.84. The van der Waals surface area contributed by atoms with E-state index in [1.165, 1.54) is 0 Å². The molecule has 100 valence electrons. The molecule has 0 bridgehead atoms. The maximum atomic E-state index is 12.0. The number of nitrogens with zero attached hydrogens (tertiary/aromatic N) is 1. The standard InChI is InChI=1S/C15H18N2O2/c1-4-19-11(3)14-16-13(10(2)15(18)17-14)12-8-6-5-7-9-12/h5-9,11H,4H2,1-3H3,(H,16,17,18). The van der Waals surface area contributed by atoms with Gasteiger partial charge in [0.25, 0.3) is 5.56 Å². The molecule has 1 aromatic heterocycles. The van der Waals surface area contributed by atoms with Gasteiger partial charge in [-0.3, -0.25) is 4.79 Å². The minimum atomic E-state index is -0.222. The van der Waals surface area contributed by atoms with Crippen LogP contribution in [0.4, 0.5) is 0 Å². The Hall–Kier alpha value is -1.94. The van der Waals surface area contributed by atoms with E-state index in [1.807, 2.05) is 44.2 Å². The summed E-state index contributed by atoms with van der Waals surface area (Å²) in [5, 5.41) is 0. The van der Waals surface area contributed by atoms with Crippen molar-refractivity contribution in [2.75, 3.05) is 6.61 Å². The summed E-state index contributed by atoms with van der Waals surface area (Å²) in [6.45, 7) is 6.16. The maximum Gasteiger partial charge on any atom is 0.254 e. The molecule has 0 aliphatic heterocycles. The van der Waals surface area contributed by atoms with Gasteiger partial charge in [-0.2, -0.15) is 0 Å². The minimum absolute atomic E-state index is 0.115. The first-order chi connectivity index (χ1) is 9.13. The third-order valence-corrected chi connectivity index (χ3v) is 3.02. The summed E-state index contributed by atoms with van der Waals surface area (Å²) in [6, 6.07) is 9.70. The summed E-state index contributed by atoms with van der Waals surface area (Å²) in [5.41, 5.74) is 2.16. The zero-order valence-electron chi connectivity index (χ0n) is 11.4. The molecular weight excluding hydrogens is 240 g/mol. The summed E-state index contributed by atoms with van der Waals surface area (Å²) >= 11 is 0. The fourth-order valence-electron chi connectivity index (χ4n) is 1.95. The van der Waals surface area contributed by atoms with Crippen LogP contribution < -0.4 is 5.56 Å². The van der Waals surface area contributed by atoms with E-state index in [0.717, 1.165) is 5.56 Å². The quantitative estimate of drug-likeness (QED) is 0.917. The van der Waals surface area contributed by atoms with Gasteiger partial charge < -0.3 is 9.72 Å². The fraction of sp³-hybridized carbons (Fsp3) is 0.333. The molecule has 4 heteroatoms. The average molecular weight is 258 g/mol. The second kappa shape index (κ2) is 5.80. The third kappa shape index (κ3) is 2.90. The van der Waals surface area contributed by atoms with Crippen molar-refractivity contribution in [3.63, 3.8) is 0 Å². The highest BCUT2D eigenvalue weighted by Gasteiger charge is 2.13. The molecule has 0 saturated heterocycles. The van der Waals surface area contributed by atoms with Crippen LogP contribution in [0.5, 0.6) is 0 Å². The summed E-state index contributed by atoms with van der Waals surface area (Å²) in [5.74, 6) is 0.566. The average Bonchev–Trinajstić information content (AvgIpc) is 2.43. The lowest BCUT2D eigenvalue weighted by Gasteiger charge is -2.13. The van der Waals surface area contributed by atoms with Crippen LogP contribution in [-0.4, -0.2) is 16.6 Å². The Morgan fingerprint density at radius 3 is 2.63 bits per heavy atom. The first kappa shape index (κ1) is 13.5. The van der Waals surface area contributed by atoms with Crippen molar-refractivity contribution in [2.45, 2.75) is 26.9 Å². The summed E-state index contributed by atoms with van der Waals surface area (Å²) in [4.78, 5) is 19.3. The summed E-state index contributed by atoms with van der Waals surface area (Å²) < 4.78 is 5.48. The van der Waals surface area contributed by atoms with Crippen molar-refractivity contribution < 1.29 is 4.74 Å². The molecule has 1 unspecified atom stereocenters. The highest BCUT2D eigenvalue weighted by atomic mass is 16.5. The topological polar surface area (TPSA) is 55.0 Å². The fourth-order valence-corrected chi connectivity index (χ4v) is 1.95. The van der Waals surface area contributed by atoms with E-state index in [4.69, 9.17) is 4.74 Å². The first-order valence-corrected chi connectivity index (χ1v) is 6.41. The molecule has 0 amide bonds. The van der Waals surface area contributed by atoms with Gasteiger partial charge in [-0.1, -0.05) is 30.3 Å². The first-order valence-electron chi connectivity index (χ1n) is 6.41. The van der Waals surface area contributed by atoms with Crippen LogP contribution in [-0.2, 0) is 4.74 Å². The van der Waals surface area contributed by atoms with E-state index in [2.05, 4.69) is 9.97 Å². The number of rotatable bonds is 4. The molecule has 0 saturated carbocycles. The van der Waals surface area contributed by atoms with E-state index in [1.54, 1.807) is 6.92 Å². The van der Waals surface area contributed by atoms with E-state index in [-0.39, 0.29) is 11.7 Å². The highest BCUT2D eigenvalue weighted by Crippen LogP contribution is 2.20. The third-order valence-electron chi connectivity index (χ3n) is 3.02. The lowest BCUT2D eigenvalue weighted by molar-refractivity contribution is 0.0699. The van der Waals surface area contributed by atoms with Gasteiger partial charge in [0.15, 0.2) is 0 Å². The number of benzene rings is 1. The Morgan fingerprint density at radius 2 is 2.00 bits per heavy atom. The minimum Gasteiger partial charge on any atom is -0.371 e. The van der Waals surface area contributed by atoms with Crippen LogP contribution >= 0.6 is 0 Å². The normalized spacial score (nSPS) is 12.4. The maximum absolute atomic E-state index is 12.0. The predicted molar refractivity (Wildman–Crippen MR) is 75.1 cm³/mol. The van der Waals surface area contributed by atoms with Gasteiger partial charge >= 0.3 is 0 Å². The molecule has 19 heavy (non-hydrogen) atoms. The van der Waals surface area contributed by atoms with Crippen molar-refractivity contribution in [3.05, 3.63) is 52.1 Å². The molecule has 1 heterocycles. The van der Waals surface area contributed by atoms with E-state index in [0.29, 0.717) is 23.7 Å². The van der Waals surface area contributed by atoms with E-state index >= 15 is 0 Å². The zero-order chi connectivity index (χ0) is 13.8. The lowest BCUT2D eigenvalue weighted by Crippen LogP contribution is -2.18. The highest BCUT2D eigenvalue weighted by molar-refractivity contribution is 5.62.